The Morgan fingerprint density at radius 3 is 2.81 bits per heavy atom. The quantitative estimate of drug-likeness (QED) is 0.744. The van der Waals surface area contributed by atoms with Crippen molar-refractivity contribution in [1.29, 1.82) is 0 Å². The number of piperazine rings is 1. The molecule has 1 aliphatic rings. The van der Waals surface area contributed by atoms with Crippen molar-refractivity contribution in [1.82, 2.24) is 9.88 Å². The number of rotatable bonds is 2. The lowest BCUT2D eigenvalue weighted by molar-refractivity contribution is 0.136. The minimum absolute atomic E-state index is 0.147. The lowest BCUT2D eigenvalue weighted by atomic mass is 10.0. The molecule has 0 saturated carbocycles. The van der Waals surface area contributed by atoms with Crippen LogP contribution in [0.4, 0.5) is 6.01 Å². The van der Waals surface area contributed by atoms with Gasteiger partial charge in [-0.15, -0.1) is 11.6 Å². The molecule has 0 N–H and O–H groups in total. The molecule has 2 rings (SSSR count). The summed E-state index contributed by atoms with van der Waals surface area (Å²) in [4.78, 5) is 8.88. The summed E-state index contributed by atoms with van der Waals surface area (Å²) in [5, 5.41) is 0. The maximum Gasteiger partial charge on any atom is 0.297 e. The third-order valence-electron chi connectivity index (χ3n) is 3.26. The highest BCUT2D eigenvalue weighted by molar-refractivity contribution is 6.16. The summed E-state index contributed by atoms with van der Waals surface area (Å²) in [6, 6.07) is 0.692. The van der Waals surface area contributed by atoms with Gasteiger partial charge in [0, 0.05) is 25.2 Å². The zero-order valence-electron chi connectivity index (χ0n) is 10.0. The van der Waals surface area contributed by atoms with Crippen LogP contribution in [0.25, 0.3) is 0 Å². The monoisotopic (exact) mass is 243 g/mol. The molecule has 0 spiro atoms. The largest absolute Gasteiger partial charge is 0.432 e. The molecule has 0 amide bonds. The van der Waals surface area contributed by atoms with E-state index in [2.05, 4.69) is 35.7 Å². The van der Waals surface area contributed by atoms with Gasteiger partial charge in [0.05, 0.1) is 11.6 Å². The summed E-state index contributed by atoms with van der Waals surface area (Å²) in [7, 11) is 2.15. The van der Waals surface area contributed by atoms with Crippen molar-refractivity contribution in [2.24, 2.45) is 0 Å². The molecule has 0 aromatic carbocycles. The van der Waals surface area contributed by atoms with Crippen molar-refractivity contribution in [3.05, 3.63) is 12.0 Å². The SMILES string of the molecule is CN1CCN(c2nc(CCl)co2)CC1(C)C. The van der Waals surface area contributed by atoms with Crippen LogP contribution >= 0.6 is 11.6 Å². The normalized spacial score (nSPS) is 21.4. The standard InChI is InChI=1S/C11H18ClN3O/c1-11(2)8-15(5-4-14(11)3)10-13-9(6-12)7-16-10/h7H,4-6,8H2,1-3H3. The van der Waals surface area contributed by atoms with Crippen LogP contribution in [-0.4, -0.2) is 42.1 Å². The van der Waals surface area contributed by atoms with E-state index in [4.69, 9.17) is 16.0 Å². The second-order valence-electron chi connectivity index (χ2n) is 4.91. The third kappa shape index (κ3) is 2.18. The number of likely N-dealkylation sites (N-methyl/N-ethyl adjacent to an activating group) is 1. The lowest BCUT2D eigenvalue weighted by Crippen LogP contribution is -2.57. The fraction of sp³-hybridized carbons (Fsp3) is 0.727. The van der Waals surface area contributed by atoms with Crippen LogP contribution in [0.15, 0.2) is 10.7 Å². The van der Waals surface area contributed by atoms with E-state index in [9.17, 15) is 0 Å². The highest BCUT2D eigenvalue weighted by atomic mass is 35.5. The Bertz CT molecular complexity index is 364. The molecule has 5 heteroatoms. The molecule has 0 aliphatic carbocycles. The second-order valence-corrected chi connectivity index (χ2v) is 5.18. The maximum absolute atomic E-state index is 5.71. The molecular weight excluding hydrogens is 226 g/mol. The number of nitrogens with zero attached hydrogens (tertiary/aromatic N) is 3. The maximum atomic E-state index is 5.71. The summed E-state index contributed by atoms with van der Waals surface area (Å²) >= 11 is 5.71. The Morgan fingerprint density at radius 1 is 1.50 bits per heavy atom. The predicted molar refractivity (Wildman–Crippen MR) is 65.0 cm³/mol. The van der Waals surface area contributed by atoms with Crippen LogP contribution in [0.1, 0.15) is 19.5 Å². The van der Waals surface area contributed by atoms with Crippen molar-refractivity contribution in [3.63, 3.8) is 0 Å². The molecule has 1 saturated heterocycles. The van der Waals surface area contributed by atoms with Crippen LogP contribution in [0.3, 0.4) is 0 Å². The highest BCUT2D eigenvalue weighted by Crippen LogP contribution is 2.24. The smallest absolute Gasteiger partial charge is 0.297 e. The molecule has 1 aliphatic heterocycles. The minimum Gasteiger partial charge on any atom is -0.432 e. The average Bonchev–Trinajstić information content (AvgIpc) is 2.70. The molecule has 0 radical (unpaired) electrons. The zero-order chi connectivity index (χ0) is 11.8. The number of hydrogen-bond acceptors (Lipinski definition) is 4. The Morgan fingerprint density at radius 2 is 2.25 bits per heavy atom. The summed E-state index contributed by atoms with van der Waals surface area (Å²) in [6.45, 7) is 7.34. The van der Waals surface area contributed by atoms with Gasteiger partial charge in [0.15, 0.2) is 0 Å². The lowest BCUT2D eigenvalue weighted by Gasteiger charge is -2.44. The van der Waals surface area contributed by atoms with Crippen molar-refractivity contribution in [2.75, 3.05) is 31.6 Å². The summed E-state index contributed by atoms with van der Waals surface area (Å²) < 4.78 is 5.44. The summed E-state index contributed by atoms with van der Waals surface area (Å²) in [5.41, 5.74) is 0.946. The van der Waals surface area contributed by atoms with Gasteiger partial charge in [-0.25, -0.2) is 0 Å². The number of halogens is 1. The number of aromatic nitrogens is 1. The van der Waals surface area contributed by atoms with E-state index in [1.165, 1.54) is 0 Å². The van der Waals surface area contributed by atoms with Crippen molar-refractivity contribution >= 4 is 17.6 Å². The highest BCUT2D eigenvalue weighted by Gasteiger charge is 2.32. The van der Waals surface area contributed by atoms with Gasteiger partial charge in [0.25, 0.3) is 6.01 Å². The van der Waals surface area contributed by atoms with Gasteiger partial charge in [-0.3, -0.25) is 4.90 Å². The topological polar surface area (TPSA) is 32.5 Å². The summed E-state index contributed by atoms with van der Waals surface area (Å²) in [6.07, 6.45) is 1.63. The summed E-state index contributed by atoms with van der Waals surface area (Å²) in [5.74, 6) is 0.403. The predicted octanol–water partition coefficient (Wildman–Crippen LogP) is 1.94. The van der Waals surface area contributed by atoms with Gasteiger partial charge in [0.1, 0.15) is 6.26 Å². The fourth-order valence-corrected chi connectivity index (χ4v) is 2.03. The van der Waals surface area contributed by atoms with Gasteiger partial charge in [-0.2, -0.15) is 4.98 Å². The van der Waals surface area contributed by atoms with Crippen LogP contribution in [0, 0.1) is 0 Å². The van der Waals surface area contributed by atoms with E-state index in [1.807, 2.05) is 0 Å². The molecule has 1 fully saturated rings. The molecule has 4 nitrogen and oxygen atoms in total. The number of oxazole rings is 1. The number of anilines is 1. The van der Waals surface area contributed by atoms with Crippen molar-refractivity contribution in [2.45, 2.75) is 25.3 Å². The average molecular weight is 244 g/mol. The van der Waals surface area contributed by atoms with Crippen LogP contribution < -0.4 is 4.90 Å². The molecule has 16 heavy (non-hydrogen) atoms. The molecule has 1 aromatic rings. The minimum atomic E-state index is 0.147. The van der Waals surface area contributed by atoms with E-state index in [-0.39, 0.29) is 5.54 Å². The molecule has 1 aromatic heterocycles. The first-order chi connectivity index (χ1) is 7.53. The number of alkyl halides is 1. The first kappa shape index (κ1) is 11.7. The number of hydrogen-bond donors (Lipinski definition) is 0. The molecule has 0 atom stereocenters. The molecular formula is C11H18ClN3O. The molecule has 0 bridgehead atoms. The third-order valence-corrected chi connectivity index (χ3v) is 3.54. The molecule has 2 heterocycles. The van der Waals surface area contributed by atoms with E-state index < -0.39 is 0 Å². The first-order valence-electron chi connectivity index (χ1n) is 5.49. The van der Waals surface area contributed by atoms with Crippen LogP contribution in [-0.2, 0) is 5.88 Å². The van der Waals surface area contributed by atoms with Gasteiger partial charge in [-0.1, -0.05) is 0 Å². The van der Waals surface area contributed by atoms with Gasteiger partial charge < -0.3 is 9.32 Å². The van der Waals surface area contributed by atoms with Gasteiger partial charge in [-0.05, 0) is 20.9 Å². The Kier molecular flexibility index (Phi) is 3.13. The second kappa shape index (κ2) is 4.26. The van der Waals surface area contributed by atoms with Crippen LogP contribution in [0.2, 0.25) is 0 Å². The Balaban J connectivity index is 2.11. The first-order valence-corrected chi connectivity index (χ1v) is 6.03. The molecule has 0 unspecified atom stereocenters. The van der Waals surface area contributed by atoms with Gasteiger partial charge in [0.2, 0.25) is 0 Å². The Hall–Kier alpha value is -0.740. The van der Waals surface area contributed by atoms with E-state index >= 15 is 0 Å². The van der Waals surface area contributed by atoms with E-state index in [0.717, 1.165) is 25.3 Å². The zero-order valence-corrected chi connectivity index (χ0v) is 10.8. The van der Waals surface area contributed by atoms with Crippen molar-refractivity contribution < 1.29 is 4.42 Å². The van der Waals surface area contributed by atoms with Gasteiger partial charge >= 0.3 is 0 Å². The Labute approximate surface area is 101 Å². The van der Waals surface area contributed by atoms with Crippen molar-refractivity contribution in [3.8, 4) is 0 Å². The van der Waals surface area contributed by atoms with Crippen LogP contribution in [0.5, 0.6) is 0 Å². The van der Waals surface area contributed by atoms with E-state index in [1.54, 1.807) is 6.26 Å². The fourth-order valence-electron chi connectivity index (χ4n) is 1.91. The molecule has 90 valence electrons. The van der Waals surface area contributed by atoms with E-state index in [0.29, 0.717) is 11.9 Å².